The summed E-state index contributed by atoms with van der Waals surface area (Å²) in [4.78, 5) is 15.2. The van der Waals surface area contributed by atoms with Gasteiger partial charge >= 0.3 is 5.97 Å². The number of rotatable bonds is 3. The molecule has 2 N–H and O–H groups in total. The van der Waals surface area contributed by atoms with E-state index in [9.17, 15) is 4.79 Å². The summed E-state index contributed by atoms with van der Waals surface area (Å²) in [6, 6.07) is 8.27. The predicted octanol–water partition coefficient (Wildman–Crippen LogP) is 1.92. The molecule has 2 unspecified atom stereocenters. The highest BCUT2D eigenvalue weighted by molar-refractivity contribution is 5.70. The minimum atomic E-state index is -0.721. The van der Waals surface area contributed by atoms with Crippen molar-refractivity contribution in [1.82, 2.24) is 14.9 Å². The molecule has 0 radical (unpaired) electrons. The van der Waals surface area contributed by atoms with Crippen molar-refractivity contribution < 1.29 is 9.90 Å². The zero-order valence-corrected chi connectivity index (χ0v) is 11.3. The van der Waals surface area contributed by atoms with E-state index in [1.54, 1.807) is 6.20 Å². The van der Waals surface area contributed by atoms with Gasteiger partial charge in [-0.05, 0) is 31.0 Å². The molecule has 1 saturated heterocycles. The Bertz CT molecular complexity index is 636. The van der Waals surface area contributed by atoms with Crippen molar-refractivity contribution in [1.29, 1.82) is 0 Å². The molecular formula is C15H17N3O2. The number of hydrogen-bond donors (Lipinski definition) is 2. The van der Waals surface area contributed by atoms with Crippen LogP contribution in [0.5, 0.6) is 0 Å². The van der Waals surface area contributed by atoms with Crippen molar-refractivity contribution in [2.45, 2.75) is 19.4 Å². The van der Waals surface area contributed by atoms with E-state index in [4.69, 9.17) is 5.11 Å². The normalized spacial score (nSPS) is 22.1. The average Bonchev–Trinajstić information content (AvgIpc) is 3.07. The van der Waals surface area contributed by atoms with Gasteiger partial charge in [-0.2, -0.15) is 0 Å². The van der Waals surface area contributed by atoms with Gasteiger partial charge < -0.3 is 15.0 Å². The lowest BCUT2D eigenvalue weighted by atomic mass is 10.00. The minimum Gasteiger partial charge on any atom is -0.481 e. The summed E-state index contributed by atoms with van der Waals surface area (Å²) in [6.07, 6.45) is 4.34. The van der Waals surface area contributed by atoms with Crippen LogP contribution in [0.15, 0.2) is 36.7 Å². The second-order valence-corrected chi connectivity index (χ2v) is 5.17. The van der Waals surface area contributed by atoms with Crippen LogP contribution in [0, 0.1) is 12.8 Å². The number of carboxylic acid groups (broad SMARTS) is 1. The van der Waals surface area contributed by atoms with Gasteiger partial charge in [-0.1, -0.05) is 12.1 Å². The standard InChI is InChI=1S/C15H17N3O2/c1-10-16-5-6-18(10)13-4-2-3-11(7-13)14-8-12(9-17-14)15(19)20/h2-7,12,14,17H,8-9H2,1H3,(H,19,20). The van der Waals surface area contributed by atoms with E-state index >= 15 is 0 Å². The van der Waals surface area contributed by atoms with Gasteiger partial charge in [-0.25, -0.2) is 4.98 Å². The summed E-state index contributed by atoms with van der Waals surface area (Å²) in [5.74, 6) is -0.0785. The first kappa shape index (κ1) is 12.9. The molecule has 5 heteroatoms. The number of aromatic nitrogens is 2. The van der Waals surface area contributed by atoms with E-state index < -0.39 is 5.97 Å². The lowest BCUT2D eigenvalue weighted by Crippen LogP contribution is -2.17. The molecule has 1 aliphatic heterocycles. The molecule has 2 atom stereocenters. The number of imidazole rings is 1. The molecule has 0 aliphatic carbocycles. The lowest BCUT2D eigenvalue weighted by Gasteiger charge is -2.13. The average molecular weight is 271 g/mol. The fraction of sp³-hybridized carbons (Fsp3) is 0.333. The Morgan fingerprint density at radius 2 is 2.35 bits per heavy atom. The number of nitrogens with one attached hydrogen (secondary N) is 1. The summed E-state index contributed by atoms with van der Waals surface area (Å²) in [6.45, 7) is 2.50. The van der Waals surface area contributed by atoms with E-state index in [1.165, 1.54) is 0 Å². The summed E-state index contributed by atoms with van der Waals surface area (Å²) in [5, 5.41) is 12.4. The Balaban J connectivity index is 1.86. The number of nitrogens with zero attached hydrogens (tertiary/aromatic N) is 2. The summed E-state index contributed by atoms with van der Waals surface area (Å²) < 4.78 is 2.02. The van der Waals surface area contributed by atoms with Crippen LogP contribution >= 0.6 is 0 Å². The van der Waals surface area contributed by atoms with E-state index in [0.29, 0.717) is 13.0 Å². The van der Waals surface area contributed by atoms with E-state index in [2.05, 4.69) is 16.4 Å². The van der Waals surface area contributed by atoms with Crippen molar-refractivity contribution in [3.63, 3.8) is 0 Å². The quantitative estimate of drug-likeness (QED) is 0.895. The molecule has 1 aromatic heterocycles. The van der Waals surface area contributed by atoms with Crippen LogP contribution in [0.2, 0.25) is 0 Å². The maximum Gasteiger partial charge on any atom is 0.307 e. The first-order chi connectivity index (χ1) is 9.65. The van der Waals surface area contributed by atoms with Crippen LogP contribution in [-0.2, 0) is 4.79 Å². The summed E-state index contributed by atoms with van der Waals surface area (Å²) >= 11 is 0. The third-order valence-electron chi connectivity index (χ3n) is 3.86. The Morgan fingerprint density at radius 1 is 1.50 bits per heavy atom. The van der Waals surface area contributed by atoms with Gasteiger partial charge in [0.1, 0.15) is 5.82 Å². The van der Waals surface area contributed by atoms with E-state index in [-0.39, 0.29) is 12.0 Å². The zero-order valence-electron chi connectivity index (χ0n) is 11.3. The number of benzene rings is 1. The topological polar surface area (TPSA) is 67.2 Å². The number of carboxylic acids is 1. The number of aryl methyl sites for hydroxylation is 1. The monoisotopic (exact) mass is 271 g/mol. The van der Waals surface area contributed by atoms with Crippen LogP contribution in [0.1, 0.15) is 23.9 Å². The molecule has 2 heterocycles. The van der Waals surface area contributed by atoms with Gasteiger partial charge in [0.05, 0.1) is 5.92 Å². The molecule has 20 heavy (non-hydrogen) atoms. The molecule has 0 bridgehead atoms. The van der Waals surface area contributed by atoms with Crippen LogP contribution < -0.4 is 5.32 Å². The second-order valence-electron chi connectivity index (χ2n) is 5.17. The first-order valence-electron chi connectivity index (χ1n) is 6.71. The van der Waals surface area contributed by atoms with Gasteiger partial charge in [0, 0.05) is 30.7 Å². The molecular weight excluding hydrogens is 254 g/mol. The molecule has 5 nitrogen and oxygen atoms in total. The lowest BCUT2D eigenvalue weighted by molar-refractivity contribution is -0.141. The Labute approximate surface area is 117 Å². The third kappa shape index (κ3) is 2.32. The van der Waals surface area contributed by atoms with Crippen molar-refractivity contribution in [2.75, 3.05) is 6.54 Å². The molecule has 0 saturated carbocycles. The minimum absolute atomic E-state index is 0.111. The smallest absolute Gasteiger partial charge is 0.307 e. The number of aliphatic carboxylic acids is 1. The Hall–Kier alpha value is -2.14. The SMILES string of the molecule is Cc1nccn1-c1cccc(C2CC(C(=O)O)CN2)c1. The fourth-order valence-electron chi connectivity index (χ4n) is 2.72. The van der Waals surface area contributed by atoms with Crippen molar-refractivity contribution in [2.24, 2.45) is 5.92 Å². The van der Waals surface area contributed by atoms with E-state index in [0.717, 1.165) is 17.1 Å². The van der Waals surface area contributed by atoms with Crippen LogP contribution in [0.4, 0.5) is 0 Å². The molecule has 3 rings (SSSR count). The predicted molar refractivity (Wildman–Crippen MR) is 74.8 cm³/mol. The zero-order chi connectivity index (χ0) is 14.1. The van der Waals surface area contributed by atoms with E-state index in [1.807, 2.05) is 35.9 Å². The van der Waals surface area contributed by atoms with Crippen molar-refractivity contribution in [3.05, 3.63) is 48.0 Å². The Morgan fingerprint density at radius 3 is 3.00 bits per heavy atom. The maximum atomic E-state index is 11.0. The van der Waals surface area contributed by atoms with Crippen LogP contribution in [-0.4, -0.2) is 27.2 Å². The highest BCUT2D eigenvalue weighted by Crippen LogP contribution is 2.28. The van der Waals surface area contributed by atoms with Gasteiger partial charge in [-0.15, -0.1) is 0 Å². The fourth-order valence-corrected chi connectivity index (χ4v) is 2.72. The largest absolute Gasteiger partial charge is 0.481 e. The first-order valence-corrected chi connectivity index (χ1v) is 6.71. The molecule has 1 aliphatic rings. The van der Waals surface area contributed by atoms with Gasteiger partial charge in [0.2, 0.25) is 0 Å². The van der Waals surface area contributed by atoms with Gasteiger partial charge in [0.15, 0.2) is 0 Å². The van der Waals surface area contributed by atoms with Crippen LogP contribution in [0.25, 0.3) is 5.69 Å². The van der Waals surface area contributed by atoms with Crippen molar-refractivity contribution >= 4 is 5.97 Å². The van der Waals surface area contributed by atoms with Crippen LogP contribution in [0.3, 0.4) is 0 Å². The molecule has 104 valence electrons. The maximum absolute atomic E-state index is 11.0. The second kappa shape index (κ2) is 5.09. The third-order valence-corrected chi connectivity index (χ3v) is 3.86. The molecule has 1 fully saturated rings. The number of carbonyl (C=O) groups is 1. The highest BCUT2D eigenvalue weighted by Gasteiger charge is 2.30. The number of hydrogen-bond acceptors (Lipinski definition) is 3. The highest BCUT2D eigenvalue weighted by atomic mass is 16.4. The van der Waals surface area contributed by atoms with Gasteiger partial charge in [0.25, 0.3) is 0 Å². The molecule has 2 aromatic rings. The van der Waals surface area contributed by atoms with Gasteiger partial charge in [-0.3, -0.25) is 4.79 Å². The summed E-state index contributed by atoms with van der Waals surface area (Å²) in [7, 11) is 0. The Kier molecular flexibility index (Phi) is 3.28. The molecule has 0 spiro atoms. The summed E-state index contributed by atoms with van der Waals surface area (Å²) in [5.41, 5.74) is 2.18. The molecule has 1 aromatic carbocycles. The van der Waals surface area contributed by atoms with Crippen molar-refractivity contribution in [3.8, 4) is 5.69 Å². The molecule has 0 amide bonds.